The smallest absolute Gasteiger partial charge is 0.355 e. The fourth-order valence-corrected chi connectivity index (χ4v) is 3.06. The lowest BCUT2D eigenvalue weighted by molar-refractivity contribution is -0.137. The third kappa shape index (κ3) is 7.11. The van der Waals surface area contributed by atoms with E-state index in [-0.39, 0.29) is 24.0 Å². The van der Waals surface area contributed by atoms with Crippen LogP contribution in [0, 0.1) is 0 Å². The molecule has 1 unspecified atom stereocenters. The lowest BCUT2D eigenvalue weighted by atomic mass is 10.1. The molecule has 1 N–H and O–H groups in total. The Balaban J connectivity index is 0.00000364. The Morgan fingerprint density at radius 3 is 2.41 bits per heavy atom. The summed E-state index contributed by atoms with van der Waals surface area (Å²) >= 11 is 0. The van der Waals surface area contributed by atoms with Gasteiger partial charge in [0, 0.05) is 52.9 Å². The van der Waals surface area contributed by atoms with E-state index in [1.807, 2.05) is 11.9 Å². The average Bonchev–Trinajstić information content (AvgIpc) is 2.58. The van der Waals surface area contributed by atoms with Crippen LogP contribution in [0.1, 0.15) is 11.1 Å². The van der Waals surface area contributed by atoms with Crippen molar-refractivity contribution in [2.24, 2.45) is 4.99 Å². The second-order valence-electron chi connectivity index (χ2n) is 6.88. The van der Waals surface area contributed by atoms with E-state index < -0.39 is 11.7 Å². The van der Waals surface area contributed by atoms with Gasteiger partial charge in [-0.3, -0.25) is 9.89 Å². The van der Waals surface area contributed by atoms with Crippen molar-refractivity contribution in [1.82, 2.24) is 20.0 Å². The van der Waals surface area contributed by atoms with Crippen LogP contribution in [-0.4, -0.2) is 81.1 Å². The minimum Gasteiger partial charge on any atom is -0.355 e. The minimum atomic E-state index is -4.30. The summed E-state index contributed by atoms with van der Waals surface area (Å²) < 4.78 is 38.0. The maximum atomic E-state index is 12.7. The Morgan fingerprint density at radius 2 is 1.85 bits per heavy atom. The third-order valence-corrected chi connectivity index (χ3v) is 4.75. The van der Waals surface area contributed by atoms with Crippen molar-refractivity contribution in [2.75, 3.05) is 54.4 Å². The highest BCUT2D eigenvalue weighted by Crippen LogP contribution is 2.29. The van der Waals surface area contributed by atoms with E-state index in [0.717, 1.165) is 49.8 Å². The third-order valence-electron chi connectivity index (χ3n) is 4.75. The fraction of sp³-hybridized carbons (Fsp3) is 0.611. The normalized spacial score (nSPS) is 19.5. The maximum Gasteiger partial charge on any atom is 0.416 e. The molecule has 0 radical (unpaired) electrons. The molecule has 27 heavy (non-hydrogen) atoms. The molecule has 1 aliphatic rings. The maximum absolute atomic E-state index is 12.7. The summed E-state index contributed by atoms with van der Waals surface area (Å²) in [6.07, 6.45) is -4.30. The van der Waals surface area contributed by atoms with Gasteiger partial charge < -0.3 is 15.1 Å². The van der Waals surface area contributed by atoms with Gasteiger partial charge in [-0.05, 0) is 31.8 Å². The number of benzene rings is 1. The number of likely N-dealkylation sites (N-methyl/N-ethyl adjacent to an activating group) is 2. The predicted octanol–water partition coefficient (Wildman–Crippen LogP) is 2.58. The minimum absolute atomic E-state index is 0. The molecule has 9 heteroatoms. The number of rotatable bonds is 4. The van der Waals surface area contributed by atoms with E-state index in [1.165, 1.54) is 12.1 Å². The van der Waals surface area contributed by atoms with Gasteiger partial charge in [-0.2, -0.15) is 13.2 Å². The monoisotopic (exact) mass is 499 g/mol. The van der Waals surface area contributed by atoms with Crippen LogP contribution in [0.3, 0.4) is 0 Å². The first-order valence-corrected chi connectivity index (χ1v) is 8.67. The molecular formula is C18H29F3IN5. The molecule has 1 saturated heterocycles. The number of hydrogen-bond acceptors (Lipinski definition) is 3. The predicted molar refractivity (Wildman–Crippen MR) is 114 cm³/mol. The van der Waals surface area contributed by atoms with Gasteiger partial charge >= 0.3 is 6.18 Å². The lowest BCUT2D eigenvalue weighted by Gasteiger charge is -2.38. The zero-order valence-electron chi connectivity index (χ0n) is 16.3. The molecule has 1 aromatic rings. The Kier molecular flexibility index (Phi) is 9.29. The number of aliphatic imine (C=N–C) groups is 1. The van der Waals surface area contributed by atoms with Crippen molar-refractivity contribution in [3.63, 3.8) is 0 Å². The van der Waals surface area contributed by atoms with Crippen molar-refractivity contribution in [2.45, 2.75) is 18.8 Å². The van der Waals surface area contributed by atoms with E-state index >= 15 is 0 Å². The standard InChI is InChI=1S/C18H28F3N5.HI/c1-22-17(23-11-16-13-24(2)9-10-25(16)3)26(4)12-14-5-7-15(8-6-14)18(19,20)21;/h5-8,16H,9-13H2,1-4H3,(H,22,23);1H. The van der Waals surface area contributed by atoms with Gasteiger partial charge in [-0.15, -0.1) is 24.0 Å². The Labute approximate surface area is 176 Å². The summed E-state index contributed by atoms with van der Waals surface area (Å²) in [5.41, 5.74) is 0.175. The molecular weight excluding hydrogens is 470 g/mol. The van der Waals surface area contributed by atoms with Crippen molar-refractivity contribution < 1.29 is 13.2 Å². The number of hydrogen-bond donors (Lipinski definition) is 1. The molecule has 5 nitrogen and oxygen atoms in total. The summed E-state index contributed by atoms with van der Waals surface area (Å²) in [4.78, 5) is 10.8. The van der Waals surface area contributed by atoms with E-state index in [1.54, 1.807) is 7.05 Å². The molecule has 1 heterocycles. The number of alkyl halides is 3. The quantitative estimate of drug-likeness (QED) is 0.393. The molecule has 0 aromatic heterocycles. The van der Waals surface area contributed by atoms with Crippen LogP contribution < -0.4 is 5.32 Å². The molecule has 1 fully saturated rings. The molecule has 0 saturated carbocycles. The number of piperazine rings is 1. The first-order chi connectivity index (χ1) is 12.2. The summed E-state index contributed by atoms with van der Waals surface area (Å²) in [6, 6.07) is 5.65. The molecule has 0 bridgehead atoms. The van der Waals surface area contributed by atoms with Crippen LogP contribution in [0.2, 0.25) is 0 Å². The largest absolute Gasteiger partial charge is 0.416 e. The van der Waals surface area contributed by atoms with Gasteiger partial charge in [0.1, 0.15) is 0 Å². The highest BCUT2D eigenvalue weighted by Gasteiger charge is 2.30. The molecule has 2 rings (SSSR count). The fourth-order valence-electron chi connectivity index (χ4n) is 3.06. The molecule has 1 aromatic carbocycles. The van der Waals surface area contributed by atoms with Crippen molar-refractivity contribution >= 4 is 29.9 Å². The van der Waals surface area contributed by atoms with Crippen LogP contribution in [0.4, 0.5) is 13.2 Å². The van der Waals surface area contributed by atoms with Crippen LogP contribution in [0.15, 0.2) is 29.3 Å². The Hall–Kier alpha value is -1.07. The SMILES string of the molecule is CN=C(NCC1CN(C)CCN1C)N(C)Cc1ccc(C(F)(F)F)cc1.I. The van der Waals surface area contributed by atoms with E-state index in [9.17, 15) is 13.2 Å². The number of guanidine groups is 1. The van der Waals surface area contributed by atoms with E-state index in [4.69, 9.17) is 0 Å². The molecule has 0 spiro atoms. The summed E-state index contributed by atoms with van der Waals surface area (Å²) in [6.45, 7) is 4.34. The number of nitrogens with zero attached hydrogens (tertiary/aromatic N) is 4. The van der Waals surface area contributed by atoms with Crippen LogP contribution in [0.25, 0.3) is 0 Å². The zero-order chi connectivity index (χ0) is 19.3. The number of halogens is 4. The van der Waals surface area contributed by atoms with Gasteiger partial charge in [0.15, 0.2) is 5.96 Å². The molecule has 154 valence electrons. The first kappa shape index (κ1) is 24.0. The summed E-state index contributed by atoms with van der Waals surface area (Å²) in [7, 11) is 7.82. The first-order valence-electron chi connectivity index (χ1n) is 8.67. The van der Waals surface area contributed by atoms with Crippen LogP contribution >= 0.6 is 24.0 Å². The van der Waals surface area contributed by atoms with Crippen molar-refractivity contribution in [1.29, 1.82) is 0 Å². The second kappa shape index (κ2) is 10.5. The second-order valence-corrected chi connectivity index (χ2v) is 6.88. The van der Waals surface area contributed by atoms with E-state index in [2.05, 4.69) is 34.2 Å². The zero-order valence-corrected chi connectivity index (χ0v) is 18.6. The summed E-state index contributed by atoms with van der Waals surface area (Å²) in [5, 5.41) is 3.37. The van der Waals surface area contributed by atoms with Crippen molar-refractivity contribution in [3.05, 3.63) is 35.4 Å². The highest BCUT2D eigenvalue weighted by molar-refractivity contribution is 14.0. The molecule has 0 amide bonds. The van der Waals surface area contributed by atoms with Crippen molar-refractivity contribution in [3.8, 4) is 0 Å². The Morgan fingerprint density at radius 1 is 1.22 bits per heavy atom. The van der Waals surface area contributed by atoms with Crippen LogP contribution in [0.5, 0.6) is 0 Å². The lowest BCUT2D eigenvalue weighted by Crippen LogP contribution is -2.55. The van der Waals surface area contributed by atoms with Gasteiger partial charge in [-0.1, -0.05) is 12.1 Å². The van der Waals surface area contributed by atoms with Gasteiger partial charge in [0.05, 0.1) is 5.56 Å². The molecule has 1 aliphatic heterocycles. The van der Waals surface area contributed by atoms with Gasteiger partial charge in [-0.25, -0.2) is 0 Å². The topological polar surface area (TPSA) is 34.1 Å². The van der Waals surface area contributed by atoms with E-state index in [0.29, 0.717) is 12.6 Å². The van der Waals surface area contributed by atoms with Gasteiger partial charge in [0.25, 0.3) is 0 Å². The highest BCUT2D eigenvalue weighted by atomic mass is 127. The average molecular weight is 499 g/mol. The summed E-state index contributed by atoms with van der Waals surface area (Å²) in [5.74, 6) is 0.728. The van der Waals surface area contributed by atoms with Crippen LogP contribution in [-0.2, 0) is 12.7 Å². The molecule has 0 aliphatic carbocycles. The van der Waals surface area contributed by atoms with Gasteiger partial charge in [0.2, 0.25) is 0 Å². The number of nitrogens with one attached hydrogen (secondary N) is 1. The molecule has 1 atom stereocenters. The Bertz CT molecular complexity index is 606.